The van der Waals surface area contributed by atoms with Crippen molar-refractivity contribution in [3.05, 3.63) is 23.8 Å². The first kappa shape index (κ1) is 14.6. The zero-order valence-corrected chi connectivity index (χ0v) is 12.0. The molecule has 1 aliphatic carbocycles. The van der Waals surface area contributed by atoms with E-state index in [1.807, 2.05) is 0 Å². The second-order valence-corrected chi connectivity index (χ2v) is 6.37. The number of nitrogens with zero attached hydrogens (tertiary/aromatic N) is 1. The molecule has 1 aromatic heterocycles. The lowest BCUT2D eigenvalue weighted by molar-refractivity contribution is -0.137. The van der Waals surface area contributed by atoms with Gasteiger partial charge in [0, 0.05) is 12.5 Å². The van der Waals surface area contributed by atoms with Gasteiger partial charge >= 0.3 is 6.18 Å². The molecule has 0 aliphatic heterocycles. The van der Waals surface area contributed by atoms with Gasteiger partial charge in [0.15, 0.2) is 5.13 Å². The molecule has 0 radical (unpaired) electrons. The third-order valence-corrected chi connectivity index (χ3v) is 4.84. The molecule has 7 heteroatoms. The normalized spacial score (nSPS) is 22.9. The van der Waals surface area contributed by atoms with Crippen LogP contribution in [-0.2, 0) is 6.18 Å². The second-order valence-electron chi connectivity index (χ2n) is 5.34. The Bertz CT molecular complexity index is 641. The van der Waals surface area contributed by atoms with Gasteiger partial charge in [0.25, 0.3) is 0 Å². The highest BCUT2D eigenvalue weighted by Crippen LogP contribution is 2.34. The highest BCUT2D eigenvalue weighted by Gasteiger charge is 2.31. The molecule has 1 saturated carbocycles. The summed E-state index contributed by atoms with van der Waals surface area (Å²) in [6.45, 7) is 0.604. The van der Waals surface area contributed by atoms with Crippen molar-refractivity contribution in [1.82, 2.24) is 4.98 Å². The topological polar surface area (TPSA) is 45.1 Å². The molecule has 0 bridgehead atoms. The summed E-state index contributed by atoms with van der Waals surface area (Å²) in [6, 6.07) is 3.60. The van der Waals surface area contributed by atoms with Gasteiger partial charge in [0.1, 0.15) is 0 Å². The first-order valence-electron chi connectivity index (χ1n) is 6.83. The predicted octanol–water partition coefficient (Wildman–Crippen LogP) is 3.89. The first-order valence-corrected chi connectivity index (χ1v) is 7.65. The third-order valence-electron chi connectivity index (χ3n) is 3.85. The standard InChI is InChI=1S/C14H15F3N2OS/c15-14(16,17)9-4-5-12-10(6-9)19-13(21-12)18-7-8-2-1-3-11(8)20/h4-6,8,11,20H,1-3,7H2,(H,18,19). The first-order chi connectivity index (χ1) is 9.93. The number of benzene rings is 1. The number of halogens is 3. The molecule has 2 atom stereocenters. The number of thiazole rings is 1. The summed E-state index contributed by atoms with van der Waals surface area (Å²) >= 11 is 1.33. The van der Waals surface area contributed by atoms with E-state index in [0.29, 0.717) is 17.2 Å². The molecule has 114 valence electrons. The minimum Gasteiger partial charge on any atom is -0.393 e. The maximum absolute atomic E-state index is 12.7. The molecule has 1 fully saturated rings. The van der Waals surface area contributed by atoms with Crippen LogP contribution in [0.1, 0.15) is 24.8 Å². The van der Waals surface area contributed by atoms with E-state index in [2.05, 4.69) is 10.3 Å². The van der Waals surface area contributed by atoms with E-state index >= 15 is 0 Å². The molecular weight excluding hydrogens is 301 g/mol. The summed E-state index contributed by atoms with van der Waals surface area (Å²) in [5, 5.41) is 13.5. The van der Waals surface area contributed by atoms with E-state index in [1.165, 1.54) is 17.4 Å². The molecule has 2 N–H and O–H groups in total. The number of hydrogen-bond donors (Lipinski definition) is 2. The van der Waals surface area contributed by atoms with Crippen molar-refractivity contribution in [1.29, 1.82) is 0 Å². The Morgan fingerprint density at radius 1 is 1.33 bits per heavy atom. The number of alkyl halides is 3. The number of aliphatic hydroxyl groups is 1. The van der Waals surface area contributed by atoms with Gasteiger partial charge in [-0.3, -0.25) is 0 Å². The van der Waals surface area contributed by atoms with Crippen LogP contribution in [0.3, 0.4) is 0 Å². The Morgan fingerprint density at radius 3 is 2.81 bits per heavy atom. The summed E-state index contributed by atoms with van der Waals surface area (Å²) in [5.74, 6) is 0.197. The van der Waals surface area contributed by atoms with Crippen molar-refractivity contribution < 1.29 is 18.3 Å². The van der Waals surface area contributed by atoms with Gasteiger partial charge in [-0.15, -0.1) is 0 Å². The van der Waals surface area contributed by atoms with Crippen LogP contribution in [0.25, 0.3) is 10.2 Å². The maximum atomic E-state index is 12.7. The molecule has 1 heterocycles. The Morgan fingerprint density at radius 2 is 2.14 bits per heavy atom. The minimum absolute atomic E-state index is 0.197. The van der Waals surface area contributed by atoms with Gasteiger partial charge < -0.3 is 10.4 Å². The molecule has 0 spiro atoms. The molecule has 21 heavy (non-hydrogen) atoms. The average Bonchev–Trinajstić information content (AvgIpc) is 2.99. The fourth-order valence-corrected chi connectivity index (χ4v) is 3.51. The van der Waals surface area contributed by atoms with Crippen LogP contribution in [0, 0.1) is 5.92 Å². The molecule has 2 unspecified atom stereocenters. The Kier molecular flexibility index (Phi) is 3.79. The van der Waals surface area contributed by atoms with Crippen LogP contribution in [0.5, 0.6) is 0 Å². The maximum Gasteiger partial charge on any atom is 0.416 e. The van der Waals surface area contributed by atoms with E-state index in [9.17, 15) is 18.3 Å². The fraction of sp³-hybridized carbons (Fsp3) is 0.500. The van der Waals surface area contributed by atoms with Crippen LogP contribution in [0.15, 0.2) is 18.2 Å². The summed E-state index contributed by atoms with van der Waals surface area (Å²) < 4.78 is 38.7. The van der Waals surface area contributed by atoms with Crippen molar-refractivity contribution in [2.45, 2.75) is 31.5 Å². The lowest BCUT2D eigenvalue weighted by Gasteiger charge is -2.14. The number of nitrogens with one attached hydrogen (secondary N) is 1. The van der Waals surface area contributed by atoms with Crippen LogP contribution < -0.4 is 5.32 Å². The summed E-state index contributed by atoms with van der Waals surface area (Å²) in [5.41, 5.74) is -0.331. The van der Waals surface area contributed by atoms with Gasteiger partial charge in [-0.2, -0.15) is 13.2 Å². The highest BCUT2D eigenvalue weighted by atomic mass is 32.1. The number of anilines is 1. The molecule has 1 aromatic carbocycles. The average molecular weight is 316 g/mol. The monoisotopic (exact) mass is 316 g/mol. The van der Waals surface area contributed by atoms with E-state index < -0.39 is 11.7 Å². The second kappa shape index (κ2) is 5.46. The zero-order valence-electron chi connectivity index (χ0n) is 11.2. The van der Waals surface area contributed by atoms with E-state index in [0.717, 1.165) is 36.1 Å². The largest absolute Gasteiger partial charge is 0.416 e. The molecule has 2 aromatic rings. The van der Waals surface area contributed by atoms with Gasteiger partial charge in [-0.05, 0) is 31.0 Å². The minimum atomic E-state index is -4.35. The predicted molar refractivity (Wildman–Crippen MR) is 76.5 cm³/mol. The van der Waals surface area contributed by atoms with Crippen molar-refractivity contribution in [2.75, 3.05) is 11.9 Å². The van der Waals surface area contributed by atoms with Crippen molar-refractivity contribution in [2.24, 2.45) is 5.92 Å². The Hall–Kier alpha value is -1.34. The third kappa shape index (κ3) is 3.13. The van der Waals surface area contributed by atoms with E-state index in [4.69, 9.17) is 0 Å². The van der Waals surface area contributed by atoms with Crippen LogP contribution in [0.2, 0.25) is 0 Å². The van der Waals surface area contributed by atoms with Gasteiger partial charge in [-0.25, -0.2) is 4.98 Å². The number of rotatable bonds is 3. The fourth-order valence-electron chi connectivity index (χ4n) is 2.65. The zero-order chi connectivity index (χ0) is 15.0. The lowest BCUT2D eigenvalue weighted by Crippen LogP contribution is -2.21. The number of hydrogen-bond acceptors (Lipinski definition) is 4. The van der Waals surface area contributed by atoms with Gasteiger partial charge in [0.2, 0.25) is 0 Å². The van der Waals surface area contributed by atoms with E-state index in [1.54, 1.807) is 0 Å². The number of fused-ring (bicyclic) bond motifs is 1. The van der Waals surface area contributed by atoms with Crippen molar-refractivity contribution >= 4 is 26.7 Å². The molecule has 1 aliphatic rings. The van der Waals surface area contributed by atoms with Gasteiger partial charge in [-0.1, -0.05) is 17.8 Å². The molecule has 0 saturated heterocycles. The van der Waals surface area contributed by atoms with Crippen molar-refractivity contribution in [3.8, 4) is 0 Å². The van der Waals surface area contributed by atoms with Crippen LogP contribution in [-0.4, -0.2) is 22.7 Å². The lowest BCUT2D eigenvalue weighted by atomic mass is 10.1. The van der Waals surface area contributed by atoms with Crippen molar-refractivity contribution in [3.63, 3.8) is 0 Å². The van der Waals surface area contributed by atoms with Gasteiger partial charge in [0.05, 0.1) is 21.9 Å². The molecule has 3 nitrogen and oxygen atoms in total. The summed E-state index contributed by atoms with van der Waals surface area (Å²) in [6.07, 6.45) is -1.83. The SMILES string of the molecule is OC1CCCC1CNc1nc2cc(C(F)(F)F)ccc2s1. The number of aromatic nitrogens is 1. The Balaban J connectivity index is 1.75. The van der Waals surface area contributed by atoms with Crippen LogP contribution >= 0.6 is 11.3 Å². The molecular formula is C14H15F3N2OS. The summed E-state index contributed by atoms with van der Waals surface area (Å²) in [4.78, 5) is 4.20. The van der Waals surface area contributed by atoms with Crippen LogP contribution in [0.4, 0.5) is 18.3 Å². The smallest absolute Gasteiger partial charge is 0.393 e. The highest BCUT2D eigenvalue weighted by molar-refractivity contribution is 7.22. The quantitative estimate of drug-likeness (QED) is 0.903. The number of aliphatic hydroxyl groups excluding tert-OH is 1. The molecule has 0 amide bonds. The van der Waals surface area contributed by atoms with E-state index in [-0.39, 0.29) is 12.0 Å². The Labute approximate surface area is 123 Å². The summed E-state index contributed by atoms with van der Waals surface area (Å²) in [7, 11) is 0. The molecule has 3 rings (SSSR count).